The molecule has 3 rings (SSSR count). The van der Waals surface area contributed by atoms with Crippen LogP contribution in [-0.4, -0.2) is 72.9 Å². The molecule has 1 aliphatic rings. The lowest BCUT2D eigenvalue weighted by Crippen LogP contribution is -2.40. The lowest BCUT2D eigenvalue weighted by Gasteiger charge is -2.27. The number of nitrogens with one attached hydrogen (secondary N) is 1. The minimum absolute atomic E-state index is 0. The van der Waals surface area contributed by atoms with Crippen molar-refractivity contribution in [2.24, 2.45) is 12.0 Å². The molecule has 1 N–H and O–H groups in total. The van der Waals surface area contributed by atoms with Gasteiger partial charge in [0.15, 0.2) is 5.96 Å². The Morgan fingerprint density at radius 1 is 1.37 bits per heavy atom. The Morgan fingerprint density at radius 3 is 2.77 bits per heavy atom. The number of para-hydroxylation sites is 1. The van der Waals surface area contributed by atoms with E-state index in [2.05, 4.69) is 59.6 Å². The van der Waals surface area contributed by atoms with E-state index in [0.717, 1.165) is 43.3 Å². The smallest absolute Gasteiger partial charge is 0.194 e. The summed E-state index contributed by atoms with van der Waals surface area (Å²) in [4.78, 5) is 9.59. The first kappa shape index (κ1) is 24.5. The maximum absolute atomic E-state index is 5.59. The predicted octanol–water partition coefficient (Wildman–Crippen LogP) is 3.10. The van der Waals surface area contributed by atoms with Gasteiger partial charge in [0.1, 0.15) is 5.75 Å². The molecule has 1 aromatic heterocycles. The summed E-state index contributed by atoms with van der Waals surface area (Å²) in [6.07, 6.45) is 5.24. The van der Waals surface area contributed by atoms with Gasteiger partial charge in [-0.25, -0.2) is 0 Å². The minimum Gasteiger partial charge on any atom is -0.496 e. The summed E-state index contributed by atoms with van der Waals surface area (Å²) in [6, 6.07) is 8.35. The Morgan fingerprint density at radius 2 is 2.13 bits per heavy atom. The third kappa shape index (κ3) is 5.87. The lowest BCUT2D eigenvalue weighted by molar-refractivity contribution is 0.294. The molecule has 0 bridgehead atoms. The van der Waals surface area contributed by atoms with Crippen molar-refractivity contribution in [3.8, 4) is 5.75 Å². The number of ether oxygens (including phenoxy) is 1. The number of halogens is 1. The third-order valence-corrected chi connectivity index (χ3v) is 5.55. The molecule has 1 fully saturated rings. The second-order valence-corrected chi connectivity index (χ2v) is 7.79. The van der Waals surface area contributed by atoms with Gasteiger partial charge in [-0.3, -0.25) is 9.67 Å². The SMILES string of the molecule is CCNC(=NCC(c1ccccc1OC)N(C)C)N1CCC(c2cnn(C)c2)C1.I. The van der Waals surface area contributed by atoms with Gasteiger partial charge >= 0.3 is 0 Å². The van der Waals surface area contributed by atoms with Crippen LogP contribution < -0.4 is 10.1 Å². The number of hydrogen-bond acceptors (Lipinski definition) is 4. The maximum Gasteiger partial charge on any atom is 0.194 e. The van der Waals surface area contributed by atoms with E-state index >= 15 is 0 Å². The van der Waals surface area contributed by atoms with Crippen molar-refractivity contribution in [3.05, 3.63) is 47.8 Å². The molecule has 1 aliphatic heterocycles. The van der Waals surface area contributed by atoms with Crippen LogP contribution in [0.4, 0.5) is 0 Å². The van der Waals surface area contributed by atoms with E-state index in [1.165, 1.54) is 5.56 Å². The van der Waals surface area contributed by atoms with Crippen molar-refractivity contribution in [2.45, 2.75) is 25.3 Å². The van der Waals surface area contributed by atoms with Crippen molar-refractivity contribution >= 4 is 29.9 Å². The minimum atomic E-state index is 0. The van der Waals surface area contributed by atoms with Crippen molar-refractivity contribution in [3.63, 3.8) is 0 Å². The number of benzene rings is 1. The fourth-order valence-electron chi connectivity index (χ4n) is 3.96. The van der Waals surface area contributed by atoms with Gasteiger partial charge in [0.25, 0.3) is 0 Å². The molecule has 30 heavy (non-hydrogen) atoms. The number of methoxy groups -OCH3 is 1. The summed E-state index contributed by atoms with van der Waals surface area (Å²) >= 11 is 0. The molecule has 8 heteroatoms. The zero-order valence-electron chi connectivity index (χ0n) is 18.7. The molecule has 0 aliphatic carbocycles. The van der Waals surface area contributed by atoms with Gasteiger partial charge in [0.2, 0.25) is 0 Å². The molecule has 166 valence electrons. The maximum atomic E-state index is 5.59. The zero-order valence-corrected chi connectivity index (χ0v) is 21.0. The van der Waals surface area contributed by atoms with Crippen molar-refractivity contribution < 1.29 is 4.74 Å². The molecule has 0 amide bonds. The Labute approximate surface area is 197 Å². The van der Waals surface area contributed by atoms with E-state index in [9.17, 15) is 0 Å². The molecular formula is C22H35IN6O. The first-order valence-corrected chi connectivity index (χ1v) is 10.3. The second-order valence-electron chi connectivity index (χ2n) is 7.79. The fourth-order valence-corrected chi connectivity index (χ4v) is 3.96. The highest BCUT2D eigenvalue weighted by Crippen LogP contribution is 2.29. The number of guanidine groups is 1. The van der Waals surface area contributed by atoms with E-state index < -0.39 is 0 Å². The van der Waals surface area contributed by atoms with Gasteiger partial charge in [0, 0.05) is 44.4 Å². The first-order valence-electron chi connectivity index (χ1n) is 10.3. The second kappa shape index (κ2) is 11.5. The highest BCUT2D eigenvalue weighted by molar-refractivity contribution is 14.0. The van der Waals surface area contributed by atoms with Gasteiger partial charge < -0.3 is 19.9 Å². The highest BCUT2D eigenvalue weighted by Gasteiger charge is 2.27. The number of likely N-dealkylation sites (N-methyl/N-ethyl adjacent to an activating group) is 1. The van der Waals surface area contributed by atoms with E-state index in [1.807, 2.05) is 30.1 Å². The summed E-state index contributed by atoms with van der Waals surface area (Å²) < 4.78 is 7.47. The molecular weight excluding hydrogens is 491 g/mol. The van der Waals surface area contributed by atoms with Crippen LogP contribution in [0.5, 0.6) is 5.75 Å². The topological polar surface area (TPSA) is 57.9 Å². The van der Waals surface area contributed by atoms with Crippen molar-refractivity contribution in [1.82, 2.24) is 24.9 Å². The van der Waals surface area contributed by atoms with E-state index in [1.54, 1.807) is 7.11 Å². The molecule has 7 nitrogen and oxygen atoms in total. The van der Waals surface area contributed by atoms with Crippen LogP contribution in [0.2, 0.25) is 0 Å². The summed E-state index contributed by atoms with van der Waals surface area (Å²) in [5, 5.41) is 7.81. The number of aromatic nitrogens is 2. The summed E-state index contributed by atoms with van der Waals surface area (Å²) in [7, 11) is 7.88. The van der Waals surface area contributed by atoms with Gasteiger partial charge in [0.05, 0.1) is 25.9 Å². The van der Waals surface area contributed by atoms with Crippen molar-refractivity contribution in [2.75, 3.05) is 47.4 Å². The predicted molar refractivity (Wildman–Crippen MR) is 133 cm³/mol. The average molecular weight is 526 g/mol. The first-order chi connectivity index (χ1) is 14.0. The number of hydrogen-bond donors (Lipinski definition) is 1. The Hall–Kier alpha value is -1.81. The standard InChI is InChI=1S/C22H34N6O.HI/c1-6-23-22(28-12-11-17(16-28)18-13-25-27(4)15-18)24-14-20(26(2)3)19-9-7-8-10-21(19)29-5;/h7-10,13,15,17,20H,6,11-12,14,16H2,1-5H3,(H,23,24);1H. The van der Waals surface area contributed by atoms with E-state index in [-0.39, 0.29) is 30.0 Å². The molecule has 1 saturated heterocycles. The van der Waals surface area contributed by atoms with Gasteiger partial charge in [-0.15, -0.1) is 24.0 Å². The number of likely N-dealkylation sites (tertiary alicyclic amines) is 1. The highest BCUT2D eigenvalue weighted by atomic mass is 127. The van der Waals surface area contributed by atoms with Crippen LogP contribution in [0, 0.1) is 0 Å². The third-order valence-electron chi connectivity index (χ3n) is 5.55. The summed E-state index contributed by atoms with van der Waals surface area (Å²) in [5.41, 5.74) is 2.47. The van der Waals surface area contributed by atoms with E-state index in [4.69, 9.17) is 9.73 Å². The Bertz CT molecular complexity index is 821. The molecule has 2 aromatic rings. The number of aliphatic imine (C=N–C) groups is 1. The molecule has 0 radical (unpaired) electrons. The average Bonchev–Trinajstić information content (AvgIpc) is 3.36. The molecule has 0 saturated carbocycles. The van der Waals surface area contributed by atoms with Crippen LogP contribution in [0.25, 0.3) is 0 Å². The van der Waals surface area contributed by atoms with Crippen LogP contribution in [0.1, 0.15) is 36.4 Å². The van der Waals surface area contributed by atoms with E-state index in [0.29, 0.717) is 12.5 Å². The van der Waals surface area contributed by atoms with Crippen molar-refractivity contribution in [1.29, 1.82) is 0 Å². The molecule has 0 spiro atoms. The number of rotatable bonds is 7. The number of nitrogens with zero attached hydrogens (tertiary/aromatic N) is 5. The van der Waals surface area contributed by atoms with Crippen LogP contribution in [-0.2, 0) is 7.05 Å². The summed E-state index contributed by atoms with van der Waals surface area (Å²) in [6.45, 7) is 5.62. The fraction of sp³-hybridized carbons (Fsp3) is 0.545. The monoisotopic (exact) mass is 526 g/mol. The molecule has 1 aromatic carbocycles. The van der Waals surface area contributed by atoms with Crippen LogP contribution in [0.15, 0.2) is 41.7 Å². The van der Waals surface area contributed by atoms with Crippen LogP contribution >= 0.6 is 24.0 Å². The molecule has 2 unspecified atom stereocenters. The zero-order chi connectivity index (χ0) is 20.8. The largest absolute Gasteiger partial charge is 0.496 e. The molecule has 2 atom stereocenters. The summed E-state index contributed by atoms with van der Waals surface area (Å²) in [5.74, 6) is 2.40. The van der Waals surface area contributed by atoms with Gasteiger partial charge in [-0.05, 0) is 39.1 Å². The lowest BCUT2D eigenvalue weighted by atomic mass is 10.0. The normalized spacial score (nSPS) is 17.7. The number of aryl methyl sites for hydroxylation is 1. The van der Waals surface area contributed by atoms with Gasteiger partial charge in [-0.1, -0.05) is 18.2 Å². The molecule has 2 heterocycles. The van der Waals surface area contributed by atoms with Gasteiger partial charge in [-0.2, -0.15) is 5.10 Å². The van der Waals surface area contributed by atoms with Crippen LogP contribution in [0.3, 0.4) is 0 Å². The quantitative estimate of drug-likeness (QED) is 0.342. The Balaban J connectivity index is 0.00000320. The Kier molecular flexibility index (Phi) is 9.41.